The average molecular weight is 183 g/mol. The van der Waals surface area contributed by atoms with Crippen molar-refractivity contribution < 1.29 is 4.74 Å². The monoisotopic (exact) mass is 183 g/mol. The van der Waals surface area contributed by atoms with Gasteiger partial charge in [-0.05, 0) is 38.1 Å². The number of nitrogens with two attached hydrogens (primary N) is 1. The zero-order valence-electron chi connectivity index (χ0n) is 8.37. The molecule has 2 fully saturated rings. The maximum Gasteiger partial charge on any atom is 0.0844 e. The molecule has 0 aromatic carbocycles. The van der Waals surface area contributed by atoms with Crippen molar-refractivity contribution in [3.8, 4) is 0 Å². The van der Waals surface area contributed by atoms with Crippen molar-refractivity contribution in [2.45, 2.75) is 44.3 Å². The van der Waals surface area contributed by atoms with Gasteiger partial charge >= 0.3 is 0 Å². The van der Waals surface area contributed by atoms with Crippen molar-refractivity contribution in [3.05, 3.63) is 13.8 Å². The van der Waals surface area contributed by atoms with E-state index in [9.17, 15) is 0 Å². The van der Waals surface area contributed by atoms with Gasteiger partial charge in [-0.15, -0.1) is 0 Å². The van der Waals surface area contributed by atoms with Crippen LogP contribution in [-0.2, 0) is 4.74 Å². The number of hydrogen-bond donors (Lipinski definition) is 1. The van der Waals surface area contributed by atoms with Crippen LogP contribution in [0.25, 0.3) is 0 Å². The van der Waals surface area contributed by atoms with Crippen LogP contribution < -0.4 is 5.73 Å². The van der Waals surface area contributed by atoms with Crippen LogP contribution in [0.1, 0.15) is 32.1 Å². The summed E-state index contributed by atoms with van der Waals surface area (Å²) in [6.45, 7) is 8.09. The molecule has 3 atom stereocenters. The zero-order chi connectivity index (χ0) is 9.68. The third-order valence-corrected chi connectivity index (χ3v) is 2.73. The Labute approximate surface area is 81.8 Å². The molecule has 2 aliphatic rings. The van der Waals surface area contributed by atoms with Gasteiger partial charge in [0.2, 0.25) is 0 Å². The summed E-state index contributed by atoms with van der Waals surface area (Å²) in [7, 11) is 0. The zero-order valence-corrected chi connectivity index (χ0v) is 8.37. The molecule has 2 nitrogen and oxygen atoms in total. The van der Waals surface area contributed by atoms with E-state index >= 15 is 0 Å². The Morgan fingerprint density at radius 3 is 2.38 bits per heavy atom. The lowest BCUT2D eigenvalue weighted by Gasteiger charge is -2.15. The lowest BCUT2D eigenvalue weighted by Crippen LogP contribution is -2.12. The van der Waals surface area contributed by atoms with Crippen LogP contribution in [0.2, 0.25) is 0 Å². The quantitative estimate of drug-likeness (QED) is 0.664. The molecule has 2 heteroatoms. The van der Waals surface area contributed by atoms with Crippen LogP contribution in [0.15, 0.2) is 0 Å². The number of rotatable bonds is 2. The SMILES string of the molecule is [CH2]CC1CCC2OC2C1.[CH2]CCN. The number of fused-ring (bicyclic) bond motifs is 1. The second-order valence-electron chi connectivity index (χ2n) is 3.82. The summed E-state index contributed by atoms with van der Waals surface area (Å²) in [5.41, 5.74) is 4.97. The Hall–Kier alpha value is -0.0800. The smallest absolute Gasteiger partial charge is 0.0844 e. The van der Waals surface area contributed by atoms with Crippen molar-refractivity contribution >= 4 is 0 Å². The van der Waals surface area contributed by atoms with Gasteiger partial charge in [-0.1, -0.05) is 20.3 Å². The van der Waals surface area contributed by atoms with Gasteiger partial charge in [0.05, 0.1) is 12.2 Å². The van der Waals surface area contributed by atoms with Crippen LogP contribution in [-0.4, -0.2) is 18.8 Å². The first-order valence-electron chi connectivity index (χ1n) is 5.25. The highest BCUT2D eigenvalue weighted by Gasteiger charge is 2.43. The largest absolute Gasteiger partial charge is 0.370 e. The van der Waals surface area contributed by atoms with Crippen molar-refractivity contribution in [3.63, 3.8) is 0 Å². The van der Waals surface area contributed by atoms with E-state index in [2.05, 4.69) is 13.8 Å². The molecular weight excluding hydrogens is 162 g/mol. The summed E-state index contributed by atoms with van der Waals surface area (Å²) < 4.78 is 5.38. The molecule has 0 bridgehead atoms. The molecule has 2 radical (unpaired) electrons. The molecule has 1 saturated heterocycles. The lowest BCUT2D eigenvalue weighted by atomic mass is 9.88. The van der Waals surface area contributed by atoms with Gasteiger partial charge in [-0.25, -0.2) is 0 Å². The predicted octanol–water partition coefficient (Wildman–Crippen LogP) is 1.95. The van der Waals surface area contributed by atoms with Gasteiger partial charge in [-0.3, -0.25) is 0 Å². The molecule has 1 aliphatic carbocycles. The second-order valence-corrected chi connectivity index (χ2v) is 3.82. The highest BCUT2D eigenvalue weighted by Crippen LogP contribution is 2.40. The lowest BCUT2D eigenvalue weighted by molar-refractivity contribution is 0.362. The first-order valence-corrected chi connectivity index (χ1v) is 5.25. The summed E-state index contributed by atoms with van der Waals surface area (Å²) in [4.78, 5) is 0. The summed E-state index contributed by atoms with van der Waals surface area (Å²) in [5, 5.41) is 0. The molecule has 1 aliphatic heterocycles. The number of hydrogen-bond acceptors (Lipinski definition) is 2. The highest BCUT2D eigenvalue weighted by atomic mass is 16.6. The van der Waals surface area contributed by atoms with E-state index in [1.54, 1.807) is 0 Å². The molecule has 0 aromatic rings. The summed E-state index contributed by atoms with van der Waals surface area (Å²) in [6, 6.07) is 0. The number of epoxide rings is 1. The van der Waals surface area contributed by atoms with Crippen LogP contribution in [0.3, 0.4) is 0 Å². The fourth-order valence-corrected chi connectivity index (χ4v) is 1.75. The Bertz CT molecular complexity index is 136. The summed E-state index contributed by atoms with van der Waals surface area (Å²) in [6.07, 6.45) is 7.19. The van der Waals surface area contributed by atoms with Crippen LogP contribution in [0.5, 0.6) is 0 Å². The Morgan fingerprint density at radius 2 is 1.92 bits per heavy atom. The Kier molecular flexibility index (Phi) is 4.74. The molecule has 13 heavy (non-hydrogen) atoms. The van der Waals surface area contributed by atoms with Crippen molar-refractivity contribution in [2.24, 2.45) is 11.7 Å². The van der Waals surface area contributed by atoms with E-state index in [-0.39, 0.29) is 0 Å². The minimum atomic E-state index is 0.644. The van der Waals surface area contributed by atoms with E-state index < -0.39 is 0 Å². The Balaban J connectivity index is 0.000000184. The van der Waals surface area contributed by atoms with Crippen molar-refractivity contribution in [1.82, 2.24) is 0 Å². The highest BCUT2D eigenvalue weighted by molar-refractivity contribution is 4.91. The fourth-order valence-electron chi connectivity index (χ4n) is 1.75. The van der Waals surface area contributed by atoms with Gasteiger partial charge < -0.3 is 10.5 Å². The third kappa shape index (κ3) is 3.65. The van der Waals surface area contributed by atoms with E-state index in [0.717, 1.165) is 18.8 Å². The first kappa shape index (κ1) is 11.0. The van der Waals surface area contributed by atoms with Gasteiger partial charge in [0.15, 0.2) is 0 Å². The van der Waals surface area contributed by atoms with Crippen LogP contribution >= 0.6 is 0 Å². The number of ether oxygens (including phenoxy) is 1. The maximum atomic E-state index is 5.38. The molecule has 3 unspecified atom stereocenters. The molecule has 1 heterocycles. The van der Waals surface area contributed by atoms with Crippen LogP contribution in [0, 0.1) is 19.8 Å². The average Bonchev–Trinajstić information content (AvgIpc) is 2.95. The molecule has 76 valence electrons. The van der Waals surface area contributed by atoms with Gasteiger partial charge in [0, 0.05) is 0 Å². The molecular formula is C11H21NO. The fraction of sp³-hybridized carbons (Fsp3) is 0.818. The topological polar surface area (TPSA) is 38.5 Å². The van der Waals surface area contributed by atoms with E-state index in [1.165, 1.54) is 19.3 Å². The van der Waals surface area contributed by atoms with Crippen LogP contribution in [0.4, 0.5) is 0 Å². The van der Waals surface area contributed by atoms with Crippen molar-refractivity contribution in [1.29, 1.82) is 0 Å². The maximum absolute atomic E-state index is 5.38. The van der Waals surface area contributed by atoms with Crippen molar-refractivity contribution in [2.75, 3.05) is 6.54 Å². The normalized spacial score (nSPS) is 35.8. The molecule has 2 rings (SSSR count). The molecule has 1 saturated carbocycles. The van der Waals surface area contributed by atoms with E-state index in [4.69, 9.17) is 10.5 Å². The predicted molar refractivity (Wildman–Crippen MR) is 55.0 cm³/mol. The van der Waals surface area contributed by atoms with E-state index in [0.29, 0.717) is 18.8 Å². The van der Waals surface area contributed by atoms with Gasteiger partial charge in [0.25, 0.3) is 0 Å². The standard InChI is InChI=1S/C8H13O.C3H8N/c1-2-6-3-4-7-8(5-6)9-7;1-2-3-4/h6-8H,1-5H2;1-4H2. The molecule has 0 aromatic heterocycles. The molecule has 2 N–H and O–H groups in total. The van der Waals surface area contributed by atoms with E-state index in [1.807, 2.05) is 0 Å². The third-order valence-electron chi connectivity index (χ3n) is 2.73. The summed E-state index contributed by atoms with van der Waals surface area (Å²) in [5.74, 6) is 0.869. The summed E-state index contributed by atoms with van der Waals surface area (Å²) >= 11 is 0. The van der Waals surface area contributed by atoms with Gasteiger partial charge in [0.1, 0.15) is 0 Å². The minimum Gasteiger partial charge on any atom is -0.370 e. The first-order chi connectivity index (χ1) is 6.31. The second kappa shape index (κ2) is 5.61. The molecule has 0 amide bonds. The molecule has 0 spiro atoms. The Morgan fingerprint density at radius 1 is 1.23 bits per heavy atom. The van der Waals surface area contributed by atoms with Gasteiger partial charge in [-0.2, -0.15) is 0 Å². The minimum absolute atomic E-state index is 0.644.